The van der Waals surface area contributed by atoms with Crippen LogP contribution in [0.5, 0.6) is 5.88 Å². The van der Waals surface area contributed by atoms with E-state index in [1.54, 1.807) is 0 Å². The Morgan fingerprint density at radius 1 is 0.957 bits per heavy atom. The second-order valence-electron chi connectivity index (χ2n) is 10.0. The summed E-state index contributed by atoms with van der Waals surface area (Å²) in [5.74, 6) is -5.96. The standard InChI is InChI=1S/C32H20F6N4O4/c33-21-10-16(31(37)38)4-5-18(21)15-46-27-3-1-2-23(41-27)20-12-22(34)19(29(35)30(20)36)13-26-40-24-7-6-17(32(43)44)11-25(24)42(26)14-28-39-8-9-45-28/h1-12,31H,13-15H2,(H,43,44). The summed E-state index contributed by atoms with van der Waals surface area (Å²) in [5.41, 5.74) is -1.28. The summed E-state index contributed by atoms with van der Waals surface area (Å²) in [6, 6.07) is 11.8. The Morgan fingerprint density at radius 3 is 2.50 bits per heavy atom. The molecule has 46 heavy (non-hydrogen) atoms. The van der Waals surface area contributed by atoms with Crippen molar-refractivity contribution in [1.82, 2.24) is 19.5 Å². The fourth-order valence-electron chi connectivity index (χ4n) is 4.84. The van der Waals surface area contributed by atoms with Gasteiger partial charge in [0, 0.05) is 34.7 Å². The van der Waals surface area contributed by atoms with Crippen LogP contribution >= 0.6 is 0 Å². The van der Waals surface area contributed by atoms with Gasteiger partial charge in [0.2, 0.25) is 11.8 Å². The molecule has 0 bridgehead atoms. The van der Waals surface area contributed by atoms with Gasteiger partial charge in [-0.2, -0.15) is 0 Å². The monoisotopic (exact) mass is 638 g/mol. The molecule has 0 aliphatic carbocycles. The number of hydrogen-bond donors (Lipinski definition) is 1. The molecule has 3 aromatic heterocycles. The van der Waals surface area contributed by atoms with Crippen LogP contribution in [-0.2, 0) is 19.6 Å². The fraction of sp³-hybridized carbons (Fsp3) is 0.125. The molecule has 3 aromatic carbocycles. The molecular formula is C32H20F6N4O4. The predicted octanol–water partition coefficient (Wildman–Crippen LogP) is 7.50. The van der Waals surface area contributed by atoms with Gasteiger partial charge in [0.15, 0.2) is 11.6 Å². The average molecular weight is 639 g/mol. The van der Waals surface area contributed by atoms with Crippen LogP contribution in [0.1, 0.15) is 45.2 Å². The van der Waals surface area contributed by atoms with Crippen LogP contribution in [0.3, 0.4) is 0 Å². The number of halogens is 6. The Bertz CT molecular complexity index is 2080. The van der Waals surface area contributed by atoms with Crippen molar-refractivity contribution in [2.75, 3.05) is 0 Å². The van der Waals surface area contributed by atoms with E-state index in [0.29, 0.717) is 17.1 Å². The molecule has 0 fully saturated rings. The molecule has 234 valence electrons. The van der Waals surface area contributed by atoms with Crippen molar-refractivity contribution in [3.8, 4) is 17.1 Å². The lowest BCUT2D eigenvalue weighted by Crippen LogP contribution is -2.10. The van der Waals surface area contributed by atoms with Crippen molar-refractivity contribution in [1.29, 1.82) is 0 Å². The molecule has 0 spiro atoms. The first-order chi connectivity index (χ1) is 22.1. The van der Waals surface area contributed by atoms with E-state index in [0.717, 1.165) is 18.2 Å². The largest absolute Gasteiger partial charge is 0.478 e. The second-order valence-corrected chi connectivity index (χ2v) is 10.0. The second kappa shape index (κ2) is 12.4. The average Bonchev–Trinajstić information content (AvgIpc) is 3.68. The maximum Gasteiger partial charge on any atom is 0.335 e. The van der Waals surface area contributed by atoms with Crippen molar-refractivity contribution in [3.63, 3.8) is 0 Å². The van der Waals surface area contributed by atoms with Gasteiger partial charge in [-0.15, -0.1) is 0 Å². The molecular weight excluding hydrogens is 618 g/mol. The number of carboxylic acid groups (broad SMARTS) is 1. The highest BCUT2D eigenvalue weighted by Crippen LogP contribution is 2.31. The molecule has 6 aromatic rings. The minimum absolute atomic E-state index is 0.0442. The fourth-order valence-corrected chi connectivity index (χ4v) is 4.84. The third kappa shape index (κ3) is 6.01. The zero-order chi connectivity index (χ0) is 32.5. The number of rotatable bonds is 10. The quantitative estimate of drug-likeness (QED) is 0.122. The molecule has 0 radical (unpaired) electrons. The van der Waals surface area contributed by atoms with E-state index < -0.39 is 65.4 Å². The van der Waals surface area contributed by atoms with E-state index in [2.05, 4.69) is 15.0 Å². The predicted molar refractivity (Wildman–Crippen MR) is 150 cm³/mol. The number of alkyl halides is 2. The molecule has 6 rings (SSSR count). The normalized spacial score (nSPS) is 11.5. The number of nitrogens with zero attached hydrogens (tertiary/aromatic N) is 4. The van der Waals surface area contributed by atoms with E-state index >= 15 is 13.2 Å². The summed E-state index contributed by atoms with van der Waals surface area (Å²) in [6.07, 6.45) is -0.649. The number of benzene rings is 3. The van der Waals surface area contributed by atoms with E-state index in [9.17, 15) is 23.1 Å². The van der Waals surface area contributed by atoms with Crippen LogP contribution in [0.4, 0.5) is 26.3 Å². The van der Waals surface area contributed by atoms with Crippen molar-refractivity contribution in [3.05, 3.63) is 130 Å². The molecule has 0 unspecified atom stereocenters. The van der Waals surface area contributed by atoms with Gasteiger partial charge < -0.3 is 18.8 Å². The first-order valence-corrected chi connectivity index (χ1v) is 13.5. The number of imidazole rings is 1. The van der Waals surface area contributed by atoms with Crippen LogP contribution < -0.4 is 4.74 Å². The Morgan fingerprint density at radius 2 is 1.78 bits per heavy atom. The lowest BCUT2D eigenvalue weighted by Gasteiger charge is -2.13. The number of hydrogen-bond acceptors (Lipinski definition) is 6. The van der Waals surface area contributed by atoms with E-state index in [1.165, 1.54) is 53.4 Å². The molecule has 1 N–H and O–H groups in total. The number of carboxylic acids is 1. The molecule has 0 saturated heterocycles. The number of oxazole rings is 1. The summed E-state index contributed by atoms with van der Waals surface area (Å²) in [7, 11) is 0. The maximum atomic E-state index is 15.5. The Hall–Kier alpha value is -5.66. The van der Waals surface area contributed by atoms with E-state index in [1.807, 2.05) is 0 Å². The highest BCUT2D eigenvalue weighted by atomic mass is 19.3. The van der Waals surface area contributed by atoms with Gasteiger partial charge in [0.1, 0.15) is 36.9 Å². The molecule has 8 nitrogen and oxygen atoms in total. The van der Waals surface area contributed by atoms with Gasteiger partial charge in [-0.1, -0.05) is 18.2 Å². The first-order valence-electron chi connectivity index (χ1n) is 13.5. The van der Waals surface area contributed by atoms with Crippen LogP contribution in [0, 0.1) is 23.3 Å². The molecule has 0 atom stereocenters. The summed E-state index contributed by atoms with van der Waals surface area (Å²) < 4.78 is 98.5. The summed E-state index contributed by atoms with van der Waals surface area (Å²) in [4.78, 5) is 24.1. The van der Waals surface area contributed by atoms with Gasteiger partial charge in [-0.05, 0) is 36.4 Å². The van der Waals surface area contributed by atoms with Crippen LogP contribution in [0.25, 0.3) is 22.3 Å². The third-order valence-electron chi connectivity index (χ3n) is 7.14. The highest BCUT2D eigenvalue weighted by molar-refractivity contribution is 5.92. The number of ether oxygens (including phenoxy) is 1. The van der Waals surface area contributed by atoms with Crippen LogP contribution in [0.15, 0.2) is 77.5 Å². The summed E-state index contributed by atoms with van der Waals surface area (Å²) in [6.45, 7) is -0.457. The highest BCUT2D eigenvalue weighted by Gasteiger charge is 2.24. The minimum Gasteiger partial charge on any atom is -0.478 e. The van der Waals surface area contributed by atoms with Gasteiger partial charge in [0.25, 0.3) is 6.43 Å². The number of aromatic nitrogens is 4. The number of pyridine rings is 1. The van der Waals surface area contributed by atoms with Gasteiger partial charge in [-0.3, -0.25) is 0 Å². The van der Waals surface area contributed by atoms with Crippen LogP contribution in [0.2, 0.25) is 0 Å². The van der Waals surface area contributed by atoms with E-state index in [4.69, 9.17) is 9.15 Å². The number of carbonyl (C=O) groups is 1. The van der Waals surface area contributed by atoms with Crippen molar-refractivity contribution >= 4 is 17.0 Å². The van der Waals surface area contributed by atoms with Gasteiger partial charge in [-0.25, -0.2) is 46.1 Å². The Kier molecular flexibility index (Phi) is 8.17. The lowest BCUT2D eigenvalue weighted by atomic mass is 10.0. The SMILES string of the molecule is O=C(O)c1ccc2nc(Cc3c(F)cc(-c4cccc(OCc5ccc(C(F)F)cc5F)n4)c(F)c3F)n(Cc3ncco3)c2c1. The molecule has 0 aliphatic heterocycles. The van der Waals surface area contributed by atoms with Gasteiger partial charge in [0.05, 0.1) is 28.5 Å². The van der Waals surface area contributed by atoms with Crippen molar-refractivity contribution in [2.24, 2.45) is 0 Å². The maximum absolute atomic E-state index is 15.5. The summed E-state index contributed by atoms with van der Waals surface area (Å²) in [5, 5.41) is 9.44. The number of fused-ring (bicyclic) bond motifs is 1. The topological polar surface area (TPSA) is 103 Å². The van der Waals surface area contributed by atoms with Crippen LogP contribution in [-0.4, -0.2) is 30.6 Å². The van der Waals surface area contributed by atoms with Gasteiger partial charge >= 0.3 is 5.97 Å². The Labute approximate surface area is 255 Å². The molecule has 0 aliphatic rings. The molecule has 14 heteroatoms. The third-order valence-corrected chi connectivity index (χ3v) is 7.14. The number of aromatic carboxylic acids is 1. The first kappa shape index (κ1) is 30.4. The van der Waals surface area contributed by atoms with Crippen molar-refractivity contribution < 1.29 is 45.4 Å². The van der Waals surface area contributed by atoms with E-state index in [-0.39, 0.29) is 41.0 Å². The van der Waals surface area contributed by atoms with Crippen molar-refractivity contribution in [2.45, 2.75) is 26.0 Å². The Balaban J connectivity index is 1.30. The zero-order valence-corrected chi connectivity index (χ0v) is 23.4. The lowest BCUT2D eigenvalue weighted by molar-refractivity contribution is 0.0697. The smallest absolute Gasteiger partial charge is 0.335 e. The summed E-state index contributed by atoms with van der Waals surface area (Å²) >= 11 is 0. The molecule has 3 heterocycles. The minimum atomic E-state index is -2.85. The molecule has 0 saturated carbocycles. The zero-order valence-electron chi connectivity index (χ0n) is 23.4. The molecule has 0 amide bonds.